The van der Waals surface area contributed by atoms with Crippen LogP contribution in [0.3, 0.4) is 0 Å². The summed E-state index contributed by atoms with van der Waals surface area (Å²) in [5.74, 6) is 1.84. The Morgan fingerprint density at radius 3 is 2.22 bits per heavy atom. The van der Waals surface area contributed by atoms with Crippen molar-refractivity contribution >= 4 is 29.9 Å². The van der Waals surface area contributed by atoms with Gasteiger partial charge < -0.3 is 20.5 Å². The van der Waals surface area contributed by atoms with Gasteiger partial charge >= 0.3 is 0 Å². The topological polar surface area (TPSA) is 68.9 Å². The molecule has 0 atom stereocenters. The second-order valence-electron chi connectivity index (χ2n) is 6.44. The number of nitrogens with zero attached hydrogens (tertiary/aromatic N) is 1. The van der Waals surface area contributed by atoms with Gasteiger partial charge in [-0.3, -0.25) is 0 Å². The first-order valence-electron chi connectivity index (χ1n) is 8.76. The van der Waals surface area contributed by atoms with Crippen molar-refractivity contribution in [2.45, 2.75) is 33.7 Å². The number of hydrogen-bond donors (Lipinski definition) is 2. The van der Waals surface area contributed by atoms with Crippen molar-refractivity contribution in [3.05, 3.63) is 58.1 Å². The number of methoxy groups -OCH3 is 2. The van der Waals surface area contributed by atoms with E-state index in [1.807, 2.05) is 18.2 Å². The van der Waals surface area contributed by atoms with Gasteiger partial charge in [-0.05, 0) is 61.6 Å². The highest BCUT2D eigenvalue weighted by Crippen LogP contribution is 2.27. The zero-order valence-electron chi connectivity index (χ0n) is 16.8. The van der Waals surface area contributed by atoms with Crippen LogP contribution in [0.1, 0.15) is 27.8 Å². The van der Waals surface area contributed by atoms with Gasteiger partial charge in [-0.2, -0.15) is 0 Å². The lowest BCUT2D eigenvalue weighted by atomic mass is 9.97. The molecular formula is C21H30IN3O2. The van der Waals surface area contributed by atoms with Crippen molar-refractivity contribution in [1.82, 2.24) is 5.32 Å². The fraction of sp³-hybridized carbons (Fsp3) is 0.381. The highest BCUT2D eigenvalue weighted by molar-refractivity contribution is 14.0. The fourth-order valence-electron chi connectivity index (χ4n) is 3.13. The van der Waals surface area contributed by atoms with Crippen molar-refractivity contribution in [1.29, 1.82) is 0 Å². The van der Waals surface area contributed by atoms with E-state index in [-0.39, 0.29) is 24.0 Å². The maximum atomic E-state index is 6.00. The summed E-state index contributed by atoms with van der Waals surface area (Å²) >= 11 is 0. The Hall–Kier alpha value is -1.96. The van der Waals surface area contributed by atoms with Gasteiger partial charge in [0.1, 0.15) is 0 Å². The number of halogens is 1. The average molecular weight is 483 g/mol. The molecule has 2 aromatic carbocycles. The van der Waals surface area contributed by atoms with Crippen LogP contribution in [0, 0.1) is 20.8 Å². The molecule has 0 radical (unpaired) electrons. The molecule has 0 unspecified atom stereocenters. The van der Waals surface area contributed by atoms with E-state index in [1.54, 1.807) is 14.2 Å². The zero-order chi connectivity index (χ0) is 19.1. The zero-order valence-corrected chi connectivity index (χ0v) is 19.1. The van der Waals surface area contributed by atoms with Gasteiger partial charge in [0, 0.05) is 6.54 Å². The molecule has 3 N–H and O–H groups in total. The lowest BCUT2D eigenvalue weighted by Crippen LogP contribution is -2.33. The molecule has 6 heteroatoms. The number of guanidine groups is 1. The molecule has 0 bridgehead atoms. The van der Waals surface area contributed by atoms with E-state index in [0.29, 0.717) is 24.0 Å². The number of hydrogen-bond acceptors (Lipinski definition) is 3. The van der Waals surface area contributed by atoms with Gasteiger partial charge in [0.15, 0.2) is 17.5 Å². The highest BCUT2D eigenvalue weighted by Gasteiger charge is 2.05. The quantitative estimate of drug-likeness (QED) is 0.356. The minimum Gasteiger partial charge on any atom is -0.493 e. The lowest BCUT2D eigenvalue weighted by molar-refractivity contribution is 0.354. The Bertz CT molecular complexity index is 768. The number of benzene rings is 2. The Labute approximate surface area is 179 Å². The highest BCUT2D eigenvalue weighted by atomic mass is 127. The summed E-state index contributed by atoms with van der Waals surface area (Å²) in [4.78, 5) is 4.40. The second kappa shape index (κ2) is 11.0. The van der Waals surface area contributed by atoms with Crippen molar-refractivity contribution in [3.8, 4) is 11.5 Å². The number of nitrogens with one attached hydrogen (secondary N) is 1. The van der Waals surface area contributed by atoms with Crippen LogP contribution in [0.5, 0.6) is 11.5 Å². The Morgan fingerprint density at radius 1 is 1.00 bits per heavy atom. The van der Waals surface area contributed by atoms with Crippen molar-refractivity contribution in [2.75, 3.05) is 20.8 Å². The van der Waals surface area contributed by atoms with E-state index in [0.717, 1.165) is 18.5 Å². The summed E-state index contributed by atoms with van der Waals surface area (Å²) in [5, 5.41) is 3.19. The Kier molecular flexibility index (Phi) is 9.41. The third kappa shape index (κ3) is 6.61. The monoisotopic (exact) mass is 483 g/mol. The summed E-state index contributed by atoms with van der Waals surface area (Å²) in [5.41, 5.74) is 12.3. The summed E-state index contributed by atoms with van der Waals surface area (Å²) in [7, 11) is 3.24. The normalized spacial score (nSPS) is 10.9. The minimum atomic E-state index is 0. The van der Waals surface area contributed by atoms with E-state index in [9.17, 15) is 0 Å². The van der Waals surface area contributed by atoms with Crippen LogP contribution in [-0.4, -0.2) is 26.7 Å². The van der Waals surface area contributed by atoms with Crippen LogP contribution >= 0.6 is 24.0 Å². The van der Waals surface area contributed by atoms with E-state index >= 15 is 0 Å². The molecule has 0 aromatic heterocycles. The van der Waals surface area contributed by atoms with Crippen LogP contribution in [-0.2, 0) is 13.0 Å². The predicted molar refractivity (Wildman–Crippen MR) is 123 cm³/mol. The minimum absolute atomic E-state index is 0. The Balaban J connectivity index is 0.00000364. The van der Waals surface area contributed by atoms with Gasteiger partial charge in [-0.15, -0.1) is 24.0 Å². The number of nitrogens with two attached hydrogens (primary N) is 1. The summed E-state index contributed by atoms with van der Waals surface area (Å²) in [6.07, 6.45) is 0.921. The third-order valence-electron chi connectivity index (χ3n) is 4.40. The standard InChI is InChI=1S/C21H29N3O2.HI/c1-14-10-15(2)18(16(3)11-14)8-9-23-21(22)24-13-17-6-7-19(25-4)20(12-17)26-5;/h6-7,10-12H,8-9,13H2,1-5H3,(H3,22,23,24);1H. The van der Waals surface area contributed by atoms with Crippen LogP contribution in [0.15, 0.2) is 35.3 Å². The van der Waals surface area contributed by atoms with Crippen LogP contribution in [0.4, 0.5) is 0 Å². The molecule has 0 aliphatic heterocycles. The molecule has 0 saturated heterocycles. The van der Waals surface area contributed by atoms with Crippen molar-refractivity contribution in [3.63, 3.8) is 0 Å². The molecule has 2 rings (SSSR count). The van der Waals surface area contributed by atoms with Crippen LogP contribution in [0.25, 0.3) is 0 Å². The van der Waals surface area contributed by atoms with Gasteiger partial charge in [-0.25, -0.2) is 4.99 Å². The molecule has 0 aliphatic rings. The first-order chi connectivity index (χ1) is 12.4. The van der Waals surface area contributed by atoms with Crippen molar-refractivity contribution < 1.29 is 9.47 Å². The van der Waals surface area contributed by atoms with E-state index in [1.165, 1.54) is 22.3 Å². The number of ether oxygens (including phenoxy) is 2. The van der Waals surface area contributed by atoms with Crippen LogP contribution < -0.4 is 20.5 Å². The van der Waals surface area contributed by atoms with Gasteiger partial charge in [0.05, 0.1) is 20.8 Å². The maximum Gasteiger partial charge on any atom is 0.188 e. The molecule has 148 valence electrons. The molecule has 2 aromatic rings. The molecular weight excluding hydrogens is 453 g/mol. The van der Waals surface area contributed by atoms with Crippen molar-refractivity contribution in [2.24, 2.45) is 10.7 Å². The average Bonchev–Trinajstić information content (AvgIpc) is 2.61. The van der Waals surface area contributed by atoms with E-state index in [4.69, 9.17) is 15.2 Å². The number of aryl methyl sites for hydroxylation is 3. The summed E-state index contributed by atoms with van der Waals surface area (Å²) in [6, 6.07) is 10.2. The third-order valence-corrected chi connectivity index (χ3v) is 4.40. The predicted octanol–water partition coefficient (Wildman–Crippen LogP) is 3.89. The maximum absolute atomic E-state index is 6.00. The first-order valence-corrected chi connectivity index (χ1v) is 8.76. The molecule has 0 saturated carbocycles. The van der Waals surface area contributed by atoms with E-state index < -0.39 is 0 Å². The van der Waals surface area contributed by atoms with Gasteiger partial charge in [0.25, 0.3) is 0 Å². The molecule has 0 fully saturated rings. The summed E-state index contributed by atoms with van der Waals surface area (Å²) < 4.78 is 10.5. The summed E-state index contributed by atoms with van der Waals surface area (Å²) in [6.45, 7) is 7.68. The molecule has 0 amide bonds. The molecule has 27 heavy (non-hydrogen) atoms. The number of rotatable bonds is 7. The molecule has 0 spiro atoms. The SMILES string of the molecule is COc1ccc(CN=C(N)NCCc2c(C)cc(C)cc2C)cc1OC.I. The smallest absolute Gasteiger partial charge is 0.188 e. The van der Waals surface area contributed by atoms with Gasteiger partial charge in [0.2, 0.25) is 0 Å². The molecule has 5 nitrogen and oxygen atoms in total. The fourth-order valence-corrected chi connectivity index (χ4v) is 3.13. The second-order valence-corrected chi connectivity index (χ2v) is 6.44. The molecule has 0 heterocycles. The largest absolute Gasteiger partial charge is 0.493 e. The van der Waals surface area contributed by atoms with Gasteiger partial charge in [-0.1, -0.05) is 23.8 Å². The van der Waals surface area contributed by atoms with E-state index in [2.05, 4.69) is 43.2 Å². The van der Waals surface area contributed by atoms with Crippen LogP contribution in [0.2, 0.25) is 0 Å². The lowest BCUT2D eigenvalue weighted by Gasteiger charge is -2.12. The first kappa shape index (κ1) is 23.1. The Morgan fingerprint density at radius 2 is 1.63 bits per heavy atom. The molecule has 0 aliphatic carbocycles. The number of aliphatic imine (C=N–C) groups is 1.